The summed E-state index contributed by atoms with van der Waals surface area (Å²) in [5.41, 5.74) is 0.999. The Kier molecular flexibility index (Phi) is 2.67. The Labute approximate surface area is 109 Å². The number of hydrogen-bond acceptors (Lipinski definition) is 1. The zero-order valence-electron chi connectivity index (χ0n) is 8.76. The molecule has 3 aromatic rings. The number of aromatic nitrogens is 1. The van der Waals surface area contributed by atoms with Crippen LogP contribution in [0.5, 0.6) is 0 Å². The Morgan fingerprint density at radius 3 is 2.59 bits per heavy atom. The molecule has 3 rings (SSSR count). The van der Waals surface area contributed by atoms with E-state index in [0.29, 0.717) is 5.02 Å². The van der Waals surface area contributed by atoms with Gasteiger partial charge in [0, 0.05) is 0 Å². The van der Waals surface area contributed by atoms with Gasteiger partial charge >= 0.3 is 109 Å². The first-order valence-electron chi connectivity index (χ1n) is 5.13. The Balaban J connectivity index is 2.33. The topological polar surface area (TPSA) is 22.0 Å². The maximum absolute atomic E-state index is 12.2. The van der Waals surface area contributed by atoms with Crippen LogP contribution in [0.15, 0.2) is 53.3 Å². The summed E-state index contributed by atoms with van der Waals surface area (Å²) in [5.74, 6) is 0. The molecule has 0 aliphatic carbocycles. The second-order valence-corrected chi connectivity index (χ2v) is 6.18. The number of rotatable bonds is 1. The van der Waals surface area contributed by atoms with Crippen LogP contribution >= 0.6 is 11.6 Å². The standard InChI is InChI=1S/C13H8ClNOSe/c14-9-6-7-12-11(8-9)13(16)15(17-12)10-4-2-1-3-5-10/h1-8H. The first kappa shape index (κ1) is 10.8. The zero-order valence-corrected chi connectivity index (χ0v) is 11.2. The molecule has 0 aliphatic rings. The molecular formula is C13H8ClNOSe. The monoisotopic (exact) mass is 309 g/mol. The molecule has 84 valence electrons. The van der Waals surface area contributed by atoms with E-state index in [1.807, 2.05) is 46.0 Å². The first-order chi connectivity index (χ1) is 8.25. The van der Waals surface area contributed by atoms with Crippen LogP contribution in [0.1, 0.15) is 0 Å². The van der Waals surface area contributed by atoms with E-state index < -0.39 is 0 Å². The molecule has 0 N–H and O–H groups in total. The van der Waals surface area contributed by atoms with E-state index in [1.54, 1.807) is 6.07 Å². The first-order valence-corrected chi connectivity index (χ1v) is 7.13. The summed E-state index contributed by atoms with van der Waals surface area (Å²) in [5, 5.41) is 1.35. The average Bonchev–Trinajstić information content (AvgIpc) is 2.68. The maximum atomic E-state index is 12.2. The minimum absolute atomic E-state index is 0.0123. The minimum atomic E-state index is 0.0123. The van der Waals surface area contributed by atoms with Crippen molar-refractivity contribution in [3.8, 4) is 5.69 Å². The van der Waals surface area contributed by atoms with E-state index in [2.05, 4.69) is 0 Å². The van der Waals surface area contributed by atoms with Crippen molar-refractivity contribution < 1.29 is 0 Å². The van der Waals surface area contributed by atoms with Crippen LogP contribution in [0.4, 0.5) is 0 Å². The van der Waals surface area contributed by atoms with Gasteiger partial charge in [-0.15, -0.1) is 0 Å². The van der Waals surface area contributed by atoms with Crippen molar-refractivity contribution >= 4 is 36.0 Å². The molecule has 0 saturated carbocycles. The van der Waals surface area contributed by atoms with Gasteiger partial charge < -0.3 is 0 Å². The normalized spacial score (nSPS) is 10.9. The molecule has 0 bridgehead atoms. The summed E-state index contributed by atoms with van der Waals surface area (Å²) < 4.78 is 2.92. The molecule has 0 fully saturated rings. The van der Waals surface area contributed by atoms with Crippen molar-refractivity contribution in [1.29, 1.82) is 0 Å². The molecular weight excluding hydrogens is 301 g/mol. The quantitative estimate of drug-likeness (QED) is 0.634. The van der Waals surface area contributed by atoms with Crippen molar-refractivity contribution in [1.82, 2.24) is 3.56 Å². The molecule has 0 aliphatic heterocycles. The molecule has 0 spiro atoms. The van der Waals surface area contributed by atoms with Gasteiger partial charge in [0.25, 0.3) is 0 Å². The molecule has 1 aromatic heterocycles. The van der Waals surface area contributed by atoms with E-state index in [-0.39, 0.29) is 20.3 Å². The van der Waals surface area contributed by atoms with Crippen LogP contribution in [-0.4, -0.2) is 18.3 Å². The average molecular weight is 309 g/mol. The Bertz CT molecular complexity index is 730. The summed E-state index contributed by atoms with van der Waals surface area (Å²) in [7, 11) is 0. The van der Waals surface area contributed by atoms with Gasteiger partial charge in [0.1, 0.15) is 0 Å². The molecule has 0 radical (unpaired) electrons. The van der Waals surface area contributed by atoms with Gasteiger partial charge in [-0.1, -0.05) is 0 Å². The predicted molar refractivity (Wildman–Crippen MR) is 71.5 cm³/mol. The Morgan fingerprint density at radius 1 is 1.06 bits per heavy atom. The molecule has 1 heterocycles. The van der Waals surface area contributed by atoms with E-state index in [9.17, 15) is 4.79 Å². The van der Waals surface area contributed by atoms with E-state index in [1.165, 1.54) is 0 Å². The van der Waals surface area contributed by atoms with Crippen molar-refractivity contribution in [2.45, 2.75) is 0 Å². The van der Waals surface area contributed by atoms with Crippen LogP contribution in [0.25, 0.3) is 15.3 Å². The van der Waals surface area contributed by atoms with Gasteiger partial charge in [0.15, 0.2) is 0 Å². The van der Waals surface area contributed by atoms with Gasteiger partial charge in [-0.05, 0) is 0 Å². The molecule has 4 heteroatoms. The van der Waals surface area contributed by atoms with Crippen LogP contribution < -0.4 is 5.56 Å². The second kappa shape index (κ2) is 4.19. The van der Waals surface area contributed by atoms with Gasteiger partial charge in [0.2, 0.25) is 0 Å². The molecule has 2 aromatic carbocycles. The summed E-state index contributed by atoms with van der Waals surface area (Å²) in [6, 6.07) is 15.3. The number of nitrogens with zero attached hydrogens (tertiary/aromatic N) is 1. The van der Waals surface area contributed by atoms with Crippen molar-refractivity contribution in [3.63, 3.8) is 0 Å². The number of para-hydroxylation sites is 1. The van der Waals surface area contributed by atoms with Gasteiger partial charge in [0.05, 0.1) is 0 Å². The van der Waals surface area contributed by atoms with Crippen LogP contribution in [0, 0.1) is 0 Å². The van der Waals surface area contributed by atoms with Crippen molar-refractivity contribution in [2.24, 2.45) is 0 Å². The number of benzene rings is 2. The molecule has 17 heavy (non-hydrogen) atoms. The SMILES string of the molecule is O=c1c2cc(Cl)ccc2[se]n1-c1ccccc1. The van der Waals surface area contributed by atoms with Crippen LogP contribution in [-0.2, 0) is 0 Å². The summed E-state index contributed by atoms with van der Waals surface area (Å²) in [6.45, 7) is 0. The third-order valence-corrected chi connectivity index (χ3v) is 5.10. The second-order valence-electron chi connectivity index (χ2n) is 3.67. The third kappa shape index (κ3) is 1.87. The molecule has 0 atom stereocenters. The third-order valence-electron chi connectivity index (χ3n) is 2.54. The van der Waals surface area contributed by atoms with Crippen molar-refractivity contribution in [3.05, 3.63) is 63.9 Å². The number of halogens is 1. The number of hydrogen-bond donors (Lipinski definition) is 0. The summed E-state index contributed by atoms with van der Waals surface area (Å²) in [4.78, 5) is 12.2. The fourth-order valence-electron chi connectivity index (χ4n) is 1.73. The summed E-state index contributed by atoms with van der Waals surface area (Å²) >= 11 is 5.93. The fourth-order valence-corrected chi connectivity index (χ4v) is 3.96. The summed E-state index contributed by atoms with van der Waals surface area (Å²) in [6.07, 6.45) is 0. The van der Waals surface area contributed by atoms with Gasteiger partial charge in [-0.2, -0.15) is 0 Å². The number of fused-ring (bicyclic) bond motifs is 1. The molecule has 0 unspecified atom stereocenters. The zero-order chi connectivity index (χ0) is 11.8. The fraction of sp³-hybridized carbons (Fsp3) is 0. The van der Waals surface area contributed by atoms with Crippen LogP contribution in [0.2, 0.25) is 5.02 Å². The molecule has 0 saturated heterocycles. The van der Waals surface area contributed by atoms with E-state index in [0.717, 1.165) is 15.3 Å². The molecule has 0 amide bonds. The van der Waals surface area contributed by atoms with Gasteiger partial charge in [-0.3, -0.25) is 0 Å². The Morgan fingerprint density at radius 2 is 1.82 bits per heavy atom. The molecule has 2 nitrogen and oxygen atoms in total. The van der Waals surface area contributed by atoms with Crippen LogP contribution in [0.3, 0.4) is 0 Å². The van der Waals surface area contributed by atoms with Crippen molar-refractivity contribution in [2.75, 3.05) is 0 Å². The predicted octanol–water partition coefficient (Wildman–Crippen LogP) is 2.70. The van der Waals surface area contributed by atoms with E-state index >= 15 is 0 Å². The van der Waals surface area contributed by atoms with E-state index in [4.69, 9.17) is 11.6 Å². The Hall–Kier alpha value is -1.28. The van der Waals surface area contributed by atoms with Gasteiger partial charge in [-0.25, -0.2) is 0 Å².